The zero-order valence-electron chi connectivity index (χ0n) is 19.8. The topological polar surface area (TPSA) is 52.2 Å². The van der Waals surface area contributed by atoms with Crippen LogP contribution in [0.1, 0.15) is 33.9 Å². The zero-order valence-corrected chi connectivity index (χ0v) is 19.8. The van der Waals surface area contributed by atoms with E-state index in [2.05, 4.69) is 18.2 Å². The Morgan fingerprint density at radius 2 is 1.53 bits per heavy atom. The number of hydrogen-bond acceptors (Lipinski definition) is 3. The average Bonchev–Trinajstić information content (AvgIpc) is 3.19. The Labute approximate surface area is 207 Å². The Balaban J connectivity index is 1.64. The molecule has 8 rings (SSSR count). The maximum absolute atomic E-state index is 14.3. The highest BCUT2D eigenvalue weighted by atomic mass is 16.2. The van der Waals surface area contributed by atoms with Crippen molar-refractivity contribution in [1.29, 1.82) is 0 Å². The highest BCUT2D eigenvalue weighted by Gasteiger charge is 2.55. The van der Waals surface area contributed by atoms with Gasteiger partial charge in [-0.25, -0.2) is 23.5 Å². The van der Waals surface area contributed by atoms with Gasteiger partial charge in [-0.2, -0.15) is 0 Å². The quantitative estimate of drug-likeness (QED) is 0.397. The first kappa shape index (κ1) is 20.6. The molecule has 2 bridgehead atoms. The molecule has 0 N–H and O–H groups in total. The second kappa shape index (κ2) is 7.12. The molecule has 3 heterocycles. The normalized spacial score (nSPS) is 18.7. The van der Waals surface area contributed by atoms with Gasteiger partial charge >= 0.3 is 11.4 Å². The monoisotopic (exact) mass is 470 g/mol. The van der Waals surface area contributed by atoms with Gasteiger partial charge in [-0.15, -0.1) is 0 Å². The molecule has 0 spiro atoms. The molecular formula is C30H22N4O2. The van der Waals surface area contributed by atoms with E-state index >= 15 is 0 Å². The van der Waals surface area contributed by atoms with Crippen LogP contribution in [0, 0.1) is 12.1 Å². The second-order valence-corrected chi connectivity index (χ2v) is 9.46. The number of benzene rings is 3. The first-order valence-corrected chi connectivity index (χ1v) is 11.9. The van der Waals surface area contributed by atoms with Crippen LogP contribution in [-0.2, 0) is 5.54 Å². The predicted octanol–water partition coefficient (Wildman–Crippen LogP) is 3.57. The van der Waals surface area contributed by atoms with Gasteiger partial charge in [-0.3, -0.25) is 0 Å². The van der Waals surface area contributed by atoms with E-state index < -0.39 is 11.6 Å². The molecule has 2 aliphatic heterocycles. The molecule has 4 aromatic carbocycles. The third-order valence-electron chi connectivity index (χ3n) is 7.49. The summed E-state index contributed by atoms with van der Waals surface area (Å²) in [4.78, 5) is 30.4. The van der Waals surface area contributed by atoms with E-state index in [-0.39, 0.29) is 11.4 Å². The highest BCUT2D eigenvalue weighted by Crippen LogP contribution is 2.53. The lowest BCUT2D eigenvalue weighted by molar-refractivity contribution is 0.282. The molecule has 3 aliphatic rings. The van der Waals surface area contributed by atoms with E-state index in [0.29, 0.717) is 5.69 Å². The molecule has 2 atom stereocenters. The van der Waals surface area contributed by atoms with Crippen molar-refractivity contribution in [2.24, 2.45) is 0 Å². The molecule has 2 unspecified atom stereocenters. The van der Waals surface area contributed by atoms with Crippen molar-refractivity contribution >= 4 is 5.69 Å². The number of rotatable bonds is 3. The Morgan fingerprint density at radius 1 is 0.806 bits per heavy atom. The van der Waals surface area contributed by atoms with Crippen LogP contribution >= 0.6 is 0 Å². The minimum atomic E-state index is -1.02. The number of hydrogen-bond donors (Lipinski definition) is 0. The van der Waals surface area contributed by atoms with Crippen LogP contribution in [-0.4, -0.2) is 28.0 Å². The summed E-state index contributed by atoms with van der Waals surface area (Å²) in [6.45, 7) is 0. The molecule has 0 amide bonds. The van der Waals surface area contributed by atoms with Crippen molar-refractivity contribution in [2.75, 3.05) is 19.0 Å². The molecule has 6 heteroatoms. The summed E-state index contributed by atoms with van der Waals surface area (Å²) in [5, 5.41) is 0. The lowest BCUT2D eigenvalue weighted by Gasteiger charge is -2.49. The van der Waals surface area contributed by atoms with Crippen LogP contribution in [0.3, 0.4) is 0 Å². The van der Waals surface area contributed by atoms with Gasteiger partial charge in [-0.05, 0) is 53.1 Å². The fourth-order valence-electron chi connectivity index (χ4n) is 6.00. The molecule has 36 heavy (non-hydrogen) atoms. The van der Waals surface area contributed by atoms with Crippen LogP contribution in [0.4, 0.5) is 5.69 Å². The molecular weight excluding hydrogens is 448 g/mol. The van der Waals surface area contributed by atoms with Gasteiger partial charge in [0.1, 0.15) is 11.6 Å². The van der Waals surface area contributed by atoms with Crippen LogP contribution in [0.5, 0.6) is 0 Å². The Hall–Kier alpha value is -4.76. The third kappa shape index (κ3) is 2.37. The molecule has 6 nitrogen and oxygen atoms in total. The van der Waals surface area contributed by atoms with Gasteiger partial charge in [0.25, 0.3) is 0 Å². The summed E-state index contributed by atoms with van der Waals surface area (Å²) in [6.07, 6.45) is 0. The van der Waals surface area contributed by atoms with E-state index in [1.165, 1.54) is 4.57 Å². The number of aromatic nitrogens is 3. The maximum Gasteiger partial charge on any atom is 0.353 e. The Bertz CT molecular complexity index is 1710. The molecule has 1 aromatic heterocycles. The highest BCUT2D eigenvalue weighted by molar-refractivity contribution is 5.63. The minimum Gasteiger partial charge on any atom is -0.378 e. The van der Waals surface area contributed by atoms with E-state index in [4.69, 9.17) is 0 Å². The van der Waals surface area contributed by atoms with Gasteiger partial charge < -0.3 is 4.90 Å². The summed E-state index contributed by atoms with van der Waals surface area (Å²) < 4.78 is 4.56. The SMILES string of the molecule is CN(C)c1ccc(-n2c(=O)n3n(c2=O)C2(c4ccccc4)c4ccc#cc4C3c3ccccc32)cc1. The standard InChI is InChI=1S/C30H22N4O2/c1-31(2)21-16-18-22(19-17-21)32-28(35)33-27-23-12-6-8-14-25(23)30(34(33)29(32)36,20-10-4-3-5-11-20)26-15-9-7-13-24(26)27/h3-6,8-12,14-19,27H,1-2H3. The van der Waals surface area contributed by atoms with Gasteiger partial charge in [0.15, 0.2) is 0 Å². The number of anilines is 1. The van der Waals surface area contributed by atoms with Crippen LogP contribution in [0.25, 0.3) is 5.69 Å². The van der Waals surface area contributed by atoms with E-state index in [0.717, 1.165) is 33.5 Å². The predicted molar refractivity (Wildman–Crippen MR) is 138 cm³/mol. The van der Waals surface area contributed by atoms with Gasteiger partial charge in [0, 0.05) is 30.9 Å². The smallest absolute Gasteiger partial charge is 0.353 e. The van der Waals surface area contributed by atoms with Crippen molar-refractivity contribution in [1.82, 2.24) is 13.9 Å². The van der Waals surface area contributed by atoms with Crippen LogP contribution in [0.15, 0.2) is 101 Å². The van der Waals surface area contributed by atoms with Crippen molar-refractivity contribution in [3.8, 4) is 5.69 Å². The second-order valence-electron chi connectivity index (χ2n) is 9.46. The summed E-state index contributed by atoms with van der Waals surface area (Å²) >= 11 is 0. The van der Waals surface area contributed by atoms with E-state index in [1.54, 1.807) is 9.36 Å². The Morgan fingerprint density at radius 3 is 2.28 bits per heavy atom. The van der Waals surface area contributed by atoms with Crippen LogP contribution < -0.4 is 16.3 Å². The van der Waals surface area contributed by atoms with Crippen molar-refractivity contribution in [3.63, 3.8) is 0 Å². The van der Waals surface area contributed by atoms with Gasteiger partial charge in [-0.1, -0.05) is 66.7 Å². The molecule has 0 fully saturated rings. The Kier molecular flexibility index (Phi) is 4.08. The first-order valence-electron chi connectivity index (χ1n) is 11.9. The van der Waals surface area contributed by atoms with E-state index in [1.807, 2.05) is 104 Å². The summed E-state index contributed by atoms with van der Waals surface area (Å²) in [6, 6.07) is 35.2. The molecule has 1 aliphatic carbocycles. The number of nitrogens with zero attached hydrogens (tertiary/aromatic N) is 4. The molecule has 0 radical (unpaired) electrons. The van der Waals surface area contributed by atoms with Crippen molar-refractivity contribution in [2.45, 2.75) is 11.6 Å². The molecule has 0 saturated heterocycles. The molecule has 5 aromatic rings. The van der Waals surface area contributed by atoms with Gasteiger partial charge in [0.2, 0.25) is 0 Å². The summed E-state index contributed by atoms with van der Waals surface area (Å²) in [7, 11) is 3.91. The summed E-state index contributed by atoms with van der Waals surface area (Å²) in [5.41, 5.74) is 4.46. The van der Waals surface area contributed by atoms with E-state index in [9.17, 15) is 9.59 Å². The largest absolute Gasteiger partial charge is 0.378 e. The minimum absolute atomic E-state index is 0.375. The fourth-order valence-corrected chi connectivity index (χ4v) is 6.00. The molecule has 0 saturated carbocycles. The van der Waals surface area contributed by atoms with Gasteiger partial charge in [0.05, 0.1) is 5.69 Å². The first-order chi connectivity index (χ1) is 17.5. The van der Waals surface area contributed by atoms with Crippen molar-refractivity contribution in [3.05, 3.63) is 152 Å². The third-order valence-corrected chi connectivity index (χ3v) is 7.49. The van der Waals surface area contributed by atoms with Crippen LogP contribution in [0.2, 0.25) is 0 Å². The van der Waals surface area contributed by atoms with Crippen molar-refractivity contribution < 1.29 is 0 Å². The summed E-state index contributed by atoms with van der Waals surface area (Å²) in [5.74, 6) is 0. The molecule has 174 valence electrons. The maximum atomic E-state index is 14.3. The average molecular weight is 471 g/mol. The zero-order chi connectivity index (χ0) is 24.6. The lowest BCUT2D eigenvalue weighted by atomic mass is 9.66. The lowest BCUT2D eigenvalue weighted by Crippen LogP contribution is -2.56. The fraction of sp³-hybridized carbons (Fsp3) is 0.133.